The van der Waals surface area contributed by atoms with E-state index >= 15 is 0 Å². The van der Waals surface area contributed by atoms with Gasteiger partial charge in [0.05, 0.1) is 24.1 Å². The van der Waals surface area contributed by atoms with Crippen LogP contribution in [0.4, 0.5) is 5.69 Å². The number of nitrogens with one attached hydrogen (secondary N) is 1. The Morgan fingerprint density at radius 3 is 2.67 bits per heavy atom. The van der Waals surface area contributed by atoms with E-state index in [0.717, 1.165) is 5.56 Å². The highest BCUT2D eigenvalue weighted by Crippen LogP contribution is 2.27. The van der Waals surface area contributed by atoms with Crippen molar-refractivity contribution in [3.8, 4) is 5.75 Å². The molecule has 0 aliphatic carbocycles. The Kier molecular flexibility index (Phi) is 9.41. The number of methoxy groups -OCH3 is 1. The lowest BCUT2D eigenvalue weighted by atomic mass is 10.0. The first kappa shape index (κ1) is 27.1. The largest absolute Gasteiger partial charge is 0.491 e. The zero-order chi connectivity index (χ0) is 26.2. The summed E-state index contributed by atoms with van der Waals surface area (Å²) in [7, 11) is 3.34. The number of hydrogen-bond donors (Lipinski definition) is 1. The lowest BCUT2D eigenvalue weighted by molar-refractivity contribution is -0.134. The topological polar surface area (TPSA) is 101 Å². The van der Waals surface area contributed by atoms with Crippen LogP contribution in [0.15, 0.2) is 42.7 Å². The van der Waals surface area contributed by atoms with Gasteiger partial charge in [0.15, 0.2) is 0 Å². The minimum Gasteiger partial charge on any atom is -0.491 e. The van der Waals surface area contributed by atoms with E-state index in [9.17, 15) is 14.4 Å². The number of ether oxygens (including phenoxy) is 2. The van der Waals surface area contributed by atoms with Crippen LogP contribution in [-0.2, 0) is 20.7 Å². The molecule has 1 N–H and O–H groups in total. The Hall–Kier alpha value is -3.46. The highest BCUT2D eigenvalue weighted by Gasteiger charge is 2.30. The van der Waals surface area contributed by atoms with E-state index in [4.69, 9.17) is 9.47 Å². The maximum absolute atomic E-state index is 13.4. The normalized spacial score (nSPS) is 21.0. The molecule has 0 saturated heterocycles. The Morgan fingerprint density at radius 2 is 2.00 bits per heavy atom. The number of carbonyl (C=O) groups excluding carboxylic acids is 3. The second-order valence-electron chi connectivity index (χ2n) is 9.29. The van der Waals surface area contributed by atoms with Gasteiger partial charge in [0.2, 0.25) is 11.8 Å². The molecule has 9 nitrogen and oxygen atoms in total. The molecule has 36 heavy (non-hydrogen) atoms. The molecule has 2 aromatic rings. The highest BCUT2D eigenvalue weighted by molar-refractivity contribution is 5.98. The first-order valence-electron chi connectivity index (χ1n) is 12.3. The van der Waals surface area contributed by atoms with Crippen LogP contribution in [0, 0.1) is 5.92 Å². The summed E-state index contributed by atoms with van der Waals surface area (Å²) < 4.78 is 11.9. The van der Waals surface area contributed by atoms with Gasteiger partial charge >= 0.3 is 0 Å². The van der Waals surface area contributed by atoms with Crippen molar-refractivity contribution in [2.75, 3.05) is 39.2 Å². The zero-order valence-corrected chi connectivity index (χ0v) is 21.7. The third-order valence-corrected chi connectivity index (χ3v) is 6.45. The molecule has 1 aliphatic rings. The summed E-state index contributed by atoms with van der Waals surface area (Å²) >= 11 is 0. The number of hydrogen-bond acceptors (Lipinski definition) is 6. The van der Waals surface area contributed by atoms with Gasteiger partial charge < -0.3 is 24.6 Å². The SMILES string of the molecule is CCC(=O)Nc1ccc2c(c1)OC[C@@H](C)N(C(=O)Cc1cccnc1)C[C@@H](C)[C@@H](OC)CN(C)C2=O. The van der Waals surface area contributed by atoms with Gasteiger partial charge in [-0.25, -0.2) is 0 Å². The number of aromatic nitrogens is 1. The maximum atomic E-state index is 13.4. The summed E-state index contributed by atoms with van der Waals surface area (Å²) in [6.45, 7) is 6.69. The van der Waals surface area contributed by atoms with E-state index in [-0.39, 0.29) is 48.8 Å². The van der Waals surface area contributed by atoms with E-state index in [1.54, 1.807) is 56.6 Å². The smallest absolute Gasteiger partial charge is 0.257 e. The fourth-order valence-electron chi connectivity index (χ4n) is 4.23. The molecular formula is C27H36N4O5. The summed E-state index contributed by atoms with van der Waals surface area (Å²) in [5.41, 5.74) is 1.77. The van der Waals surface area contributed by atoms with E-state index in [2.05, 4.69) is 10.3 Å². The van der Waals surface area contributed by atoms with Crippen molar-refractivity contribution < 1.29 is 23.9 Å². The van der Waals surface area contributed by atoms with Gasteiger partial charge in [-0.15, -0.1) is 0 Å². The highest BCUT2D eigenvalue weighted by atomic mass is 16.5. The Labute approximate surface area is 212 Å². The van der Waals surface area contributed by atoms with Crippen molar-refractivity contribution in [3.05, 3.63) is 53.9 Å². The van der Waals surface area contributed by atoms with Crippen LogP contribution in [0.5, 0.6) is 5.75 Å². The second kappa shape index (κ2) is 12.5. The van der Waals surface area contributed by atoms with Crippen molar-refractivity contribution in [1.82, 2.24) is 14.8 Å². The molecule has 194 valence electrons. The first-order valence-corrected chi connectivity index (χ1v) is 12.3. The number of amides is 3. The first-order chi connectivity index (χ1) is 17.2. The van der Waals surface area contributed by atoms with Crippen LogP contribution in [0.3, 0.4) is 0 Å². The van der Waals surface area contributed by atoms with Gasteiger partial charge in [0.1, 0.15) is 12.4 Å². The lowest BCUT2D eigenvalue weighted by Gasteiger charge is -2.36. The molecule has 3 amide bonds. The molecule has 1 aromatic heterocycles. The van der Waals surface area contributed by atoms with Gasteiger partial charge in [0, 0.05) is 63.7 Å². The fraction of sp³-hybridized carbons (Fsp3) is 0.481. The van der Waals surface area contributed by atoms with Crippen LogP contribution in [0.1, 0.15) is 43.1 Å². The molecule has 0 radical (unpaired) electrons. The molecule has 0 unspecified atom stereocenters. The minimum absolute atomic E-state index is 0.0314. The zero-order valence-electron chi connectivity index (χ0n) is 21.7. The van der Waals surface area contributed by atoms with Crippen LogP contribution in [-0.4, -0.2) is 78.5 Å². The average molecular weight is 497 g/mol. The summed E-state index contributed by atoms with van der Waals surface area (Å²) in [5, 5.41) is 2.81. The summed E-state index contributed by atoms with van der Waals surface area (Å²) in [5.74, 6) is -0.0493. The van der Waals surface area contributed by atoms with Crippen molar-refractivity contribution in [2.45, 2.75) is 45.8 Å². The summed E-state index contributed by atoms with van der Waals surface area (Å²) in [4.78, 5) is 46.1. The van der Waals surface area contributed by atoms with Crippen molar-refractivity contribution in [1.29, 1.82) is 0 Å². The molecule has 1 aliphatic heterocycles. The van der Waals surface area contributed by atoms with Gasteiger partial charge in [-0.1, -0.05) is 19.9 Å². The quantitative estimate of drug-likeness (QED) is 0.683. The van der Waals surface area contributed by atoms with Crippen LogP contribution >= 0.6 is 0 Å². The lowest BCUT2D eigenvalue weighted by Crippen LogP contribution is -2.49. The molecule has 3 rings (SSSR count). The number of anilines is 1. The van der Waals surface area contributed by atoms with Crippen LogP contribution < -0.4 is 10.1 Å². The molecule has 1 aromatic carbocycles. The standard InChI is InChI=1S/C27H36N4O5/c1-6-25(32)29-21-9-10-22-23(13-21)36-17-19(3)31(26(33)12-20-8-7-11-28-14-20)15-18(2)24(35-5)16-30(4)27(22)34/h7-11,13-14,18-19,24H,6,12,15-17H2,1-5H3,(H,29,32)/t18-,19-,24+/m1/s1. The molecule has 0 bridgehead atoms. The van der Waals surface area contributed by atoms with Crippen LogP contribution in [0.2, 0.25) is 0 Å². The molecule has 3 atom stereocenters. The molecule has 0 saturated carbocycles. The third kappa shape index (κ3) is 6.81. The van der Waals surface area contributed by atoms with Gasteiger partial charge in [-0.2, -0.15) is 0 Å². The van der Waals surface area contributed by atoms with Crippen LogP contribution in [0.25, 0.3) is 0 Å². The number of rotatable bonds is 5. The van der Waals surface area contributed by atoms with Gasteiger partial charge in [-0.3, -0.25) is 19.4 Å². The molecule has 0 fully saturated rings. The third-order valence-electron chi connectivity index (χ3n) is 6.45. The predicted molar refractivity (Wildman–Crippen MR) is 137 cm³/mol. The van der Waals surface area contributed by atoms with Crippen molar-refractivity contribution in [2.24, 2.45) is 5.92 Å². The summed E-state index contributed by atoms with van der Waals surface area (Å²) in [6, 6.07) is 8.43. The van der Waals surface area contributed by atoms with Crippen molar-refractivity contribution >= 4 is 23.4 Å². The van der Waals surface area contributed by atoms with E-state index in [1.807, 2.05) is 30.9 Å². The molecule has 0 spiro atoms. The maximum Gasteiger partial charge on any atom is 0.257 e. The minimum atomic E-state index is -0.275. The number of benzene rings is 1. The number of carbonyl (C=O) groups is 3. The number of pyridine rings is 1. The van der Waals surface area contributed by atoms with Gasteiger partial charge in [-0.05, 0) is 30.7 Å². The second-order valence-corrected chi connectivity index (χ2v) is 9.29. The molecule has 9 heteroatoms. The fourth-order valence-corrected chi connectivity index (χ4v) is 4.23. The van der Waals surface area contributed by atoms with Gasteiger partial charge in [0.25, 0.3) is 5.91 Å². The number of nitrogens with zero attached hydrogens (tertiary/aromatic N) is 3. The van der Waals surface area contributed by atoms with E-state index in [0.29, 0.717) is 36.5 Å². The monoisotopic (exact) mass is 496 g/mol. The van der Waals surface area contributed by atoms with E-state index < -0.39 is 0 Å². The van der Waals surface area contributed by atoms with Crippen molar-refractivity contribution in [3.63, 3.8) is 0 Å². The van der Waals surface area contributed by atoms with E-state index in [1.165, 1.54) is 0 Å². The number of likely N-dealkylation sites (N-methyl/N-ethyl adjacent to an activating group) is 1. The number of fused-ring (bicyclic) bond motifs is 1. The Morgan fingerprint density at radius 1 is 1.22 bits per heavy atom. The predicted octanol–water partition coefficient (Wildman–Crippen LogP) is 3.01. The molecular weight excluding hydrogens is 460 g/mol. The average Bonchev–Trinajstić information content (AvgIpc) is 2.88. The Bertz CT molecular complexity index is 1060. The summed E-state index contributed by atoms with van der Waals surface area (Å²) in [6.07, 6.45) is 3.66. The Balaban J connectivity index is 1.94. The molecule has 2 heterocycles.